The zero-order valence-corrected chi connectivity index (χ0v) is 18.2. The summed E-state index contributed by atoms with van der Waals surface area (Å²) in [7, 11) is 1.32. The van der Waals surface area contributed by atoms with Crippen molar-refractivity contribution in [3.8, 4) is 5.75 Å². The third-order valence-corrected chi connectivity index (χ3v) is 5.12. The fourth-order valence-electron chi connectivity index (χ4n) is 3.50. The standard InChI is InChI=1S/C19H28N4O4.2ClH/c1-26-18(24)14-27-17-4-2-15(3-5-17)21-19(25)23-12-10-22(11-13-23)16-6-8-20-9-7-16;;/h2-5,16,20H,6-14H2,1H3,(H,21,25);2*1H. The predicted molar refractivity (Wildman–Crippen MR) is 117 cm³/mol. The molecule has 0 bridgehead atoms. The third kappa shape index (κ3) is 7.54. The van der Waals surface area contributed by atoms with Crippen LogP contribution in [0.1, 0.15) is 12.8 Å². The van der Waals surface area contributed by atoms with Gasteiger partial charge in [0.1, 0.15) is 5.75 Å². The Bertz CT molecular complexity index is 634. The second-order valence-corrected chi connectivity index (χ2v) is 6.82. The van der Waals surface area contributed by atoms with E-state index in [-0.39, 0.29) is 37.5 Å². The molecule has 0 spiro atoms. The molecule has 1 aromatic carbocycles. The van der Waals surface area contributed by atoms with Crippen LogP contribution < -0.4 is 15.4 Å². The number of hydrogen-bond acceptors (Lipinski definition) is 6. The SMILES string of the molecule is COC(=O)COc1ccc(NC(=O)N2CCN(C3CCNCC3)CC2)cc1.Cl.Cl. The van der Waals surface area contributed by atoms with Crippen molar-refractivity contribution < 1.29 is 19.1 Å². The molecule has 0 aliphatic carbocycles. The number of rotatable bonds is 5. The highest BCUT2D eigenvalue weighted by Gasteiger charge is 2.26. The van der Waals surface area contributed by atoms with Gasteiger partial charge in [0.15, 0.2) is 6.61 Å². The van der Waals surface area contributed by atoms with Gasteiger partial charge in [-0.05, 0) is 50.2 Å². The van der Waals surface area contributed by atoms with Gasteiger partial charge in [-0.25, -0.2) is 9.59 Å². The van der Waals surface area contributed by atoms with Gasteiger partial charge in [-0.15, -0.1) is 24.8 Å². The molecule has 0 unspecified atom stereocenters. The molecule has 2 heterocycles. The minimum atomic E-state index is -0.434. The van der Waals surface area contributed by atoms with Crippen LogP contribution in [0.3, 0.4) is 0 Å². The van der Waals surface area contributed by atoms with Crippen molar-refractivity contribution in [3.63, 3.8) is 0 Å². The van der Waals surface area contributed by atoms with Crippen LogP contribution in [-0.4, -0.2) is 80.8 Å². The highest BCUT2D eigenvalue weighted by molar-refractivity contribution is 5.89. The summed E-state index contributed by atoms with van der Waals surface area (Å²) < 4.78 is 9.83. The highest BCUT2D eigenvalue weighted by atomic mass is 35.5. The van der Waals surface area contributed by atoms with Crippen molar-refractivity contribution >= 4 is 42.5 Å². The molecule has 2 aliphatic rings. The first-order valence-electron chi connectivity index (χ1n) is 9.46. The number of piperazine rings is 1. The van der Waals surface area contributed by atoms with E-state index >= 15 is 0 Å². The first kappa shape index (κ1) is 25.3. The smallest absolute Gasteiger partial charge is 0.343 e. The first-order chi connectivity index (χ1) is 13.2. The minimum absolute atomic E-state index is 0. The van der Waals surface area contributed by atoms with Crippen LogP contribution in [0.5, 0.6) is 5.75 Å². The Hall–Kier alpha value is -1.74. The Kier molecular flexibility index (Phi) is 11.1. The number of halogens is 2. The number of hydrogen-bond donors (Lipinski definition) is 2. The average molecular weight is 449 g/mol. The molecule has 29 heavy (non-hydrogen) atoms. The largest absolute Gasteiger partial charge is 0.482 e. The Morgan fingerprint density at radius 3 is 2.28 bits per heavy atom. The van der Waals surface area contributed by atoms with Crippen molar-refractivity contribution in [2.75, 3.05) is 58.3 Å². The predicted octanol–water partition coefficient (Wildman–Crippen LogP) is 1.98. The van der Waals surface area contributed by atoms with E-state index in [9.17, 15) is 9.59 Å². The summed E-state index contributed by atoms with van der Waals surface area (Å²) in [6.45, 7) is 5.39. The number of amides is 2. The van der Waals surface area contributed by atoms with E-state index in [1.807, 2.05) is 4.90 Å². The van der Waals surface area contributed by atoms with E-state index in [4.69, 9.17) is 4.74 Å². The lowest BCUT2D eigenvalue weighted by atomic mass is 10.0. The molecule has 0 radical (unpaired) electrons. The van der Waals surface area contributed by atoms with E-state index in [2.05, 4.69) is 20.3 Å². The quantitative estimate of drug-likeness (QED) is 0.670. The van der Waals surface area contributed by atoms with E-state index in [0.717, 1.165) is 39.3 Å². The molecule has 3 rings (SSSR count). The number of ether oxygens (including phenoxy) is 2. The maximum Gasteiger partial charge on any atom is 0.343 e. The van der Waals surface area contributed by atoms with Crippen LogP contribution in [0.15, 0.2) is 24.3 Å². The van der Waals surface area contributed by atoms with Crippen LogP contribution >= 0.6 is 24.8 Å². The lowest BCUT2D eigenvalue weighted by Crippen LogP contribution is -2.54. The fraction of sp³-hybridized carbons (Fsp3) is 0.579. The Morgan fingerprint density at radius 2 is 1.69 bits per heavy atom. The summed E-state index contributed by atoms with van der Waals surface area (Å²) in [6, 6.07) is 7.52. The number of nitrogens with zero attached hydrogens (tertiary/aromatic N) is 2. The van der Waals surface area contributed by atoms with Gasteiger partial charge < -0.3 is 25.0 Å². The number of carbonyl (C=O) groups is 2. The molecule has 164 valence electrons. The molecule has 0 atom stereocenters. The van der Waals surface area contributed by atoms with Crippen molar-refractivity contribution in [2.45, 2.75) is 18.9 Å². The van der Waals surface area contributed by atoms with Gasteiger partial charge in [0.05, 0.1) is 7.11 Å². The maximum absolute atomic E-state index is 12.5. The highest BCUT2D eigenvalue weighted by Crippen LogP contribution is 2.18. The molecule has 2 amide bonds. The number of methoxy groups -OCH3 is 1. The second-order valence-electron chi connectivity index (χ2n) is 6.82. The maximum atomic E-state index is 12.5. The van der Waals surface area contributed by atoms with Crippen molar-refractivity contribution in [2.24, 2.45) is 0 Å². The molecular formula is C19H30Cl2N4O4. The summed E-state index contributed by atoms with van der Waals surface area (Å²) >= 11 is 0. The summed E-state index contributed by atoms with van der Waals surface area (Å²) in [5.74, 6) is 0.116. The minimum Gasteiger partial charge on any atom is -0.482 e. The van der Waals surface area contributed by atoms with Crippen LogP contribution in [0.2, 0.25) is 0 Å². The summed E-state index contributed by atoms with van der Waals surface area (Å²) in [6.07, 6.45) is 2.38. The van der Waals surface area contributed by atoms with E-state index in [1.165, 1.54) is 20.0 Å². The number of urea groups is 1. The molecule has 2 N–H and O–H groups in total. The van der Waals surface area contributed by atoms with Crippen molar-refractivity contribution in [1.29, 1.82) is 0 Å². The zero-order valence-electron chi connectivity index (χ0n) is 16.6. The molecule has 8 nitrogen and oxygen atoms in total. The molecule has 0 saturated carbocycles. The van der Waals surface area contributed by atoms with Crippen LogP contribution in [-0.2, 0) is 9.53 Å². The van der Waals surface area contributed by atoms with Crippen LogP contribution in [0.4, 0.5) is 10.5 Å². The molecule has 2 saturated heterocycles. The fourth-order valence-corrected chi connectivity index (χ4v) is 3.50. The third-order valence-electron chi connectivity index (χ3n) is 5.12. The molecular weight excluding hydrogens is 419 g/mol. The van der Waals surface area contributed by atoms with Crippen molar-refractivity contribution in [3.05, 3.63) is 24.3 Å². The molecule has 0 aromatic heterocycles. The van der Waals surface area contributed by atoms with Crippen LogP contribution in [0.25, 0.3) is 0 Å². The van der Waals surface area contributed by atoms with E-state index in [1.54, 1.807) is 24.3 Å². The van der Waals surface area contributed by atoms with Crippen molar-refractivity contribution in [1.82, 2.24) is 15.1 Å². The number of nitrogens with one attached hydrogen (secondary N) is 2. The number of anilines is 1. The summed E-state index contributed by atoms with van der Waals surface area (Å²) in [5.41, 5.74) is 0.700. The number of benzene rings is 1. The molecule has 10 heteroatoms. The molecule has 1 aromatic rings. The number of piperidine rings is 1. The van der Waals surface area contributed by atoms with Crippen LogP contribution in [0, 0.1) is 0 Å². The number of carbonyl (C=O) groups excluding carboxylic acids is 2. The van der Waals surface area contributed by atoms with Gasteiger partial charge in [-0.2, -0.15) is 0 Å². The Balaban J connectivity index is 0.00000210. The summed E-state index contributed by atoms with van der Waals surface area (Å²) in [4.78, 5) is 27.9. The van der Waals surface area contributed by atoms with Gasteiger partial charge >= 0.3 is 12.0 Å². The Labute approximate surface area is 184 Å². The second kappa shape index (κ2) is 12.7. The molecule has 2 fully saturated rings. The van der Waals surface area contributed by atoms with E-state index in [0.29, 0.717) is 17.5 Å². The Morgan fingerprint density at radius 1 is 1.07 bits per heavy atom. The van der Waals surface area contributed by atoms with Gasteiger partial charge in [0.2, 0.25) is 0 Å². The van der Waals surface area contributed by atoms with Gasteiger partial charge in [-0.3, -0.25) is 4.90 Å². The first-order valence-corrected chi connectivity index (χ1v) is 9.46. The normalized spacial score (nSPS) is 17.5. The zero-order chi connectivity index (χ0) is 19.1. The monoisotopic (exact) mass is 448 g/mol. The topological polar surface area (TPSA) is 83.1 Å². The average Bonchev–Trinajstić information content (AvgIpc) is 2.73. The summed E-state index contributed by atoms with van der Waals surface area (Å²) in [5, 5.41) is 6.32. The van der Waals surface area contributed by atoms with Gasteiger partial charge in [0.25, 0.3) is 0 Å². The van der Waals surface area contributed by atoms with Gasteiger partial charge in [0, 0.05) is 37.9 Å². The van der Waals surface area contributed by atoms with Gasteiger partial charge in [-0.1, -0.05) is 0 Å². The molecule has 2 aliphatic heterocycles. The number of esters is 1. The van der Waals surface area contributed by atoms with E-state index < -0.39 is 5.97 Å². The lowest BCUT2D eigenvalue weighted by Gasteiger charge is -2.40. The lowest BCUT2D eigenvalue weighted by molar-refractivity contribution is -0.142.